The maximum absolute atomic E-state index is 13.4. The number of benzene rings is 2. The van der Waals surface area contributed by atoms with E-state index in [1.807, 2.05) is 0 Å². The Balaban J connectivity index is 1.38. The molecule has 210 valence electrons. The number of imidazole rings is 1. The number of alkyl halides is 3. The number of aromatic nitrogens is 2. The average molecular weight is 604 g/mol. The molecule has 1 aliphatic heterocycles. The minimum atomic E-state index is -4.25. The lowest BCUT2D eigenvalue weighted by Gasteiger charge is -2.35. The molecule has 2 aliphatic rings. The topological polar surface area (TPSA) is 88.2 Å². The predicted octanol–water partition coefficient (Wildman–Crippen LogP) is 6.41. The lowest BCUT2D eigenvalue weighted by atomic mass is 9.97. The molecule has 0 spiro atoms. The first-order chi connectivity index (χ1) is 18.4. The van der Waals surface area contributed by atoms with Crippen LogP contribution >= 0.6 is 34.8 Å². The number of aryl methyl sites for hydroxylation is 1. The summed E-state index contributed by atoms with van der Waals surface area (Å²) in [5.74, 6) is -0.981. The zero-order valence-electron chi connectivity index (χ0n) is 21.1. The number of piperidine rings is 1. The van der Waals surface area contributed by atoms with Crippen LogP contribution in [0.2, 0.25) is 15.1 Å². The summed E-state index contributed by atoms with van der Waals surface area (Å²) in [6.07, 6.45) is -1.80. The van der Waals surface area contributed by atoms with Crippen molar-refractivity contribution in [3.8, 4) is 0 Å². The van der Waals surface area contributed by atoms with Gasteiger partial charge in [0.15, 0.2) is 0 Å². The molecular formula is C26H28Cl3F3N6O. The normalized spacial score (nSPS) is 18.9. The summed E-state index contributed by atoms with van der Waals surface area (Å²) < 4.78 is 41.9. The fraction of sp³-hybridized carbons (Fsp3) is 0.462. The van der Waals surface area contributed by atoms with Gasteiger partial charge in [0, 0.05) is 26.7 Å². The quantitative estimate of drug-likeness (QED) is 0.291. The molecule has 1 saturated heterocycles. The number of hydrogen-bond acceptors (Lipinski definition) is 5. The molecule has 0 radical (unpaired) electrons. The first kappa shape index (κ1) is 28.1. The van der Waals surface area contributed by atoms with E-state index in [-0.39, 0.29) is 31.3 Å². The third-order valence-electron chi connectivity index (χ3n) is 7.47. The number of fused-ring (bicyclic) bond motifs is 1. The van der Waals surface area contributed by atoms with Gasteiger partial charge in [-0.1, -0.05) is 40.9 Å². The van der Waals surface area contributed by atoms with Crippen LogP contribution in [0.15, 0.2) is 24.3 Å². The average Bonchev–Trinajstić information content (AvgIpc) is 3.70. The number of rotatable bonds is 7. The highest BCUT2D eigenvalue weighted by molar-refractivity contribution is 6.39. The molecule has 39 heavy (non-hydrogen) atoms. The SMILES string of the molecule is Cn1c(Nc2c(Cl)ccc(CNC(=O)C(N)C3CC3)c2Cl)nc2cc(Cl)c(N3CCCC(C(F)(F)F)C3)cc21. The van der Waals surface area contributed by atoms with Crippen molar-refractivity contribution in [3.05, 3.63) is 44.9 Å². The summed E-state index contributed by atoms with van der Waals surface area (Å²) in [5, 5.41) is 6.99. The molecule has 1 saturated carbocycles. The number of nitrogens with two attached hydrogens (primary N) is 1. The molecule has 2 unspecified atom stereocenters. The van der Waals surface area contributed by atoms with Gasteiger partial charge in [-0.2, -0.15) is 13.2 Å². The van der Waals surface area contributed by atoms with Crippen molar-refractivity contribution in [3.63, 3.8) is 0 Å². The molecule has 1 aromatic heterocycles. The third kappa shape index (κ3) is 5.89. The number of nitrogens with zero attached hydrogens (tertiary/aromatic N) is 3. The molecule has 3 aromatic rings. The van der Waals surface area contributed by atoms with E-state index in [0.717, 1.165) is 12.8 Å². The van der Waals surface area contributed by atoms with E-state index < -0.39 is 18.1 Å². The van der Waals surface area contributed by atoms with Crippen LogP contribution in [0.25, 0.3) is 11.0 Å². The van der Waals surface area contributed by atoms with Crippen molar-refractivity contribution in [1.82, 2.24) is 14.9 Å². The summed E-state index contributed by atoms with van der Waals surface area (Å²) >= 11 is 19.6. The molecule has 13 heteroatoms. The van der Waals surface area contributed by atoms with Gasteiger partial charge in [0.1, 0.15) is 0 Å². The van der Waals surface area contributed by atoms with Crippen molar-refractivity contribution >= 4 is 69.1 Å². The second kappa shape index (κ2) is 10.9. The summed E-state index contributed by atoms with van der Waals surface area (Å²) in [5.41, 5.74) is 8.80. The molecule has 7 nitrogen and oxygen atoms in total. The summed E-state index contributed by atoms with van der Waals surface area (Å²) in [6.45, 7) is 0.527. The number of nitrogens with one attached hydrogen (secondary N) is 2. The fourth-order valence-corrected chi connectivity index (χ4v) is 5.76. The number of amides is 1. The Morgan fingerprint density at radius 1 is 1.18 bits per heavy atom. The summed E-state index contributed by atoms with van der Waals surface area (Å²) in [6, 6.07) is 6.27. The number of hydrogen-bond donors (Lipinski definition) is 3. The number of carbonyl (C=O) groups excluding carboxylic acids is 1. The van der Waals surface area contributed by atoms with Crippen LogP contribution in [0.4, 0.5) is 30.5 Å². The Morgan fingerprint density at radius 2 is 1.92 bits per heavy atom. The Morgan fingerprint density at radius 3 is 2.62 bits per heavy atom. The Bertz CT molecular complexity index is 1410. The maximum atomic E-state index is 13.4. The van der Waals surface area contributed by atoms with Crippen LogP contribution in [-0.2, 0) is 18.4 Å². The minimum absolute atomic E-state index is 0.108. The van der Waals surface area contributed by atoms with E-state index >= 15 is 0 Å². The van der Waals surface area contributed by atoms with E-state index in [1.165, 1.54) is 0 Å². The van der Waals surface area contributed by atoms with Crippen LogP contribution in [0.5, 0.6) is 0 Å². The Labute approximate surface area is 238 Å². The maximum Gasteiger partial charge on any atom is 0.393 e. The predicted molar refractivity (Wildman–Crippen MR) is 149 cm³/mol. The fourth-order valence-electron chi connectivity index (χ4n) is 4.95. The second-order valence-electron chi connectivity index (χ2n) is 10.2. The molecule has 5 rings (SSSR count). The van der Waals surface area contributed by atoms with Gasteiger partial charge < -0.3 is 25.8 Å². The van der Waals surface area contributed by atoms with Crippen molar-refractivity contribution < 1.29 is 18.0 Å². The van der Waals surface area contributed by atoms with Crippen molar-refractivity contribution in [2.24, 2.45) is 24.6 Å². The lowest BCUT2D eigenvalue weighted by Crippen LogP contribution is -2.41. The van der Waals surface area contributed by atoms with Gasteiger partial charge in [0.05, 0.1) is 49.4 Å². The highest BCUT2D eigenvalue weighted by Gasteiger charge is 2.42. The van der Waals surface area contributed by atoms with E-state index in [1.54, 1.807) is 40.8 Å². The second-order valence-corrected chi connectivity index (χ2v) is 11.4. The Hall–Kier alpha value is -2.40. The van der Waals surface area contributed by atoms with Crippen molar-refractivity contribution in [2.75, 3.05) is 23.3 Å². The third-order valence-corrected chi connectivity index (χ3v) is 8.52. The van der Waals surface area contributed by atoms with E-state index in [0.29, 0.717) is 62.0 Å². The highest BCUT2D eigenvalue weighted by atomic mass is 35.5. The number of carbonyl (C=O) groups is 1. The lowest BCUT2D eigenvalue weighted by molar-refractivity contribution is -0.176. The van der Waals surface area contributed by atoms with Gasteiger partial charge in [0.2, 0.25) is 11.9 Å². The summed E-state index contributed by atoms with van der Waals surface area (Å²) in [7, 11) is 1.77. The zero-order valence-corrected chi connectivity index (χ0v) is 23.4. The molecule has 1 amide bonds. The molecule has 2 atom stereocenters. The van der Waals surface area contributed by atoms with E-state index in [9.17, 15) is 18.0 Å². The first-order valence-electron chi connectivity index (χ1n) is 12.7. The van der Waals surface area contributed by atoms with Crippen molar-refractivity contribution in [2.45, 2.75) is 44.4 Å². The smallest absolute Gasteiger partial charge is 0.370 e. The number of halogens is 6. The van der Waals surface area contributed by atoms with Gasteiger partial charge in [-0.3, -0.25) is 4.79 Å². The van der Waals surface area contributed by atoms with Crippen LogP contribution in [-0.4, -0.2) is 40.8 Å². The largest absolute Gasteiger partial charge is 0.393 e. The molecule has 2 aromatic carbocycles. The highest BCUT2D eigenvalue weighted by Crippen LogP contribution is 2.40. The van der Waals surface area contributed by atoms with Gasteiger partial charge in [-0.25, -0.2) is 4.98 Å². The molecule has 1 aliphatic carbocycles. The molecule has 2 fully saturated rings. The first-order valence-corrected chi connectivity index (χ1v) is 13.8. The van der Waals surface area contributed by atoms with E-state index in [2.05, 4.69) is 15.6 Å². The molecular weight excluding hydrogens is 576 g/mol. The number of anilines is 3. The Kier molecular flexibility index (Phi) is 7.85. The van der Waals surface area contributed by atoms with Gasteiger partial charge in [-0.15, -0.1) is 0 Å². The van der Waals surface area contributed by atoms with Gasteiger partial charge in [-0.05, 0) is 55.4 Å². The van der Waals surface area contributed by atoms with Crippen LogP contribution in [0, 0.1) is 11.8 Å². The molecule has 2 heterocycles. The van der Waals surface area contributed by atoms with Gasteiger partial charge in [0.25, 0.3) is 0 Å². The van der Waals surface area contributed by atoms with Crippen LogP contribution in [0.3, 0.4) is 0 Å². The standard InChI is InChI=1S/C26H28Cl3F3N6O/c1-37-20-10-19(38-8-2-3-15(12-38)26(30,31)32)17(28)9-18(20)35-25(37)36-23-16(27)7-6-14(21(23)29)11-34-24(39)22(33)13-4-5-13/h6-7,9-10,13,15,22H,2-5,8,11-12,33H2,1H3,(H,34,39)(H,35,36). The van der Waals surface area contributed by atoms with Crippen molar-refractivity contribution in [1.29, 1.82) is 0 Å². The van der Waals surface area contributed by atoms with Crippen LogP contribution < -0.4 is 21.3 Å². The van der Waals surface area contributed by atoms with Gasteiger partial charge >= 0.3 is 6.18 Å². The minimum Gasteiger partial charge on any atom is -0.370 e. The zero-order chi connectivity index (χ0) is 28.1. The molecule has 4 N–H and O–H groups in total. The molecule has 0 bridgehead atoms. The van der Waals surface area contributed by atoms with Crippen LogP contribution in [0.1, 0.15) is 31.2 Å². The summed E-state index contributed by atoms with van der Waals surface area (Å²) in [4.78, 5) is 18.6. The monoisotopic (exact) mass is 602 g/mol. The van der Waals surface area contributed by atoms with E-state index in [4.69, 9.17) is 40.5 Å².